The highest BCUT2D eigenvalue weighted by Gasteiger charge is 2.38. The third-order valence-electron chi connectivity index (χ3n) is 5.35. The van der Waals surface area contributed by atoms with Crippen LogP contribution in [-0.4, -0.2) is 21.2 Å². The Morgan fingerprint density at radius 3 is 2.78 bits per heavy atom. The van der Waals surface area contributed by atoms with Crippen molar-refractivity contribution < 1.29 is 13.7 Å². The topological polar surface area (TPSA) is 106 Å². The minimum Gasteiger partial charge on any atom is -0.378 e. The minimum atomic E-state index is -0.809. The van der Waals surface area contributed by atoms with E-state index in [0.29, 0.717) is 27.9 Å². The Morgan fingerprint density at radius 2 is 2.12 bits per heavy atom. The van der Waals surface area contributed by atoms with Gasteiger partial charge in [0, 0.05) is 22.7 Å². The van der Waals surface area contributed by atoms with Gasteiger partial charge in [0.2, 0.25) is 0 Å². The van der Waals surface area contributed by atoms with Crippen LogP contribution in [0.25, 0.3) is 0 Å². The number of nitrogens with one attached hydrogen (secondary N) is 1. The summed E-state index contributed by atoms with van der Waals surface area (Å²) >= 11 is 7.25. The van der Waals surface area contributed by atoms with Crippen molar-refractivity contribution >= 4 is 40.1 Å². The van der Waals surface area contributed by atoms with Crippen LogP contribution in [0.3, 0.4) is 0 Å². The summed E-state index contributed by atoms with van der Waals surface area (Å²) in [4.78, 5) is 21.2. The molecule has 2 aromatic heterocycles. The van der Waals surface area contributed by atoms with Gasteiger partial charge in [0.05, 0.1) is 16.3 Å². The number of nitrogens with two attached hydrogens (primary N) is 1. The molecule has 0 fully saturated rings. The largest absolute Gasteiger partial charge is 0.378 e. The van der Waals surface area contributed by atoms with Crippen molar-refractivity contribution in [2.24, 2.45) is 10.7 Å². The van der Waals surface area contributed by atoms with E-state index in [9.17, 15) is 9.18 Å². The van der Waals surface area contributed by atoms with Gasteiger partial charge < -0.3 is 15.6 Å². The molecule has 1 aliphatic heterocycles. The third kappa shape index (κ3) is 4.49. The van der Waals surface area contributed by atoms with Crippen molar-refractivity contribution in [3.63, 3.8) is 0 Å². The number of carbonyl (C=O) groups is 1. The number of benzene rings is 1. The molecule has 0 unspecified atom stereocenters. The summed E-state index contributed by atoms with van der Waals surface area (Å²) < 4.78 is 19.9. The van der Waals surface area contributed by atoms with Crippen LogP contribution in [0.2, 0.25) is 5.02 Å². The fraction of sp³-hybridized carbons (Fsp3) is 0.273. The van der Waals surface area contributed by atoms with E-state index in [-0.39, 0.29) is 10.9 Å². The molecule has 0 bridgehead atoms. The van der Waals surface area contributed by atoms with Crippen molar-refractivity contribution in [2.75, 3.05) is 5.32 Å². The van der Waals surface area contributed by atoms with E-state index in [0.717, 1.165) is 17.0 Å². The molecule has 4 rings (SSSR count). The molecule has 0 radical (unpaired) electrons. The lowest BCUT2D eigenvalue weighted by Crippen LogP contribution is -2.31. The maximum absolute atomic E-state index is 14.6. The number of pyridine rings is 1. The van der Waals surface area contributed by atoms with E-state index < -0.39 is 17.3 Å². The number of carbonyl (C=O) groups excluding carboxylic acids is 1. The molecule has 1 aromatic carbocycles. The molecule has 3 heterocycles. The molecule has 0 aliphatic carbocycles. The second-order valence-electron chi connectivity index (χ2n) is 7.82. The lowest BCUT2D eigenvalue weighted by molar-refractivity contribution is 0.102. The molecule has 0 saturated carbocycles. The van der Waals surface area contributed by atoms with Crippen LogP contribution in [-0.2, 0) is 5.54 Å². The number of halogens is 2. The first kappa shape index (κ1) is 22.3. The maximum atomic E-state index is 14.6. The zero-order valence-corrected chi connectivity index (χ0v) is 19.2. The number of aliphatic imine (C=N–C) groups is 1. The van der Waals surface area contributed by atoms with Crippen LogP contribution in [0.1, 0.15) is 51.7 Å². The number of hydrogen-bond donors (Lipinski definition) is 2. The first-order valence-corrected chi connectivity index (χ1v) is 11.1. The lowest BCUT2D eigenvalue weighted by atomic mass is 9.85. The Balaban J connectivity index is 1.65. The fourth-order valence-electron chi connectivity index (χ4n) is 3.83. The summed E-state index contributed by atoms with van der Waals surface area (Å²) in [7, 11) is 0. The van der Waals surface area contributed by atoms with Crippen molar-refractivity contribution in [3.05, 3.63) is 75.6 Å². The van der Waals surface area contributed by atoms with Crippen molar-refractivity contribution in [1.29, 1.82) is 0 Å². The first-order chi connectivity index (χ1) is 15.1. The second kappa shape index (κ2) is 8.55. The van der Waals surface area contributed by atoms with E-state index >= 15 is 0 Å². The average Bonchev–Trinajstić information content (AvgIpc) is 3.05. The zero-order valence-electron chi connectivity index (χ0n) is 17.6. The van der Waals surface area contributed by atoms with Gasteiger partial charge in [-0.25, -0.2) is 9.37 Å². The van der Waals surface area contributed by atoms with Gasteiger partial charge in [-0.15, -0.1) is 0 Å². The molecule has 1 amide bonds. The summed E-state index contributed by atoms with van der Waals surface area (Å²) in [6.45, 7) is 5.63. The highest BCUT2D eigenvalue weighted by atomic mass is 35.5. The highest BCUT2D eigenvalue weighted by Crippen LogP contribution is 2.48. The highest BCUT2D eigenvalue weighted by molar-refractivity contribution is 8.14. The molecular weight excluding hydrogens is 453 g/mol. The van der Waals surface area contributed by atoms with E-state index in [1.165, 1.54) is 36.2 Å². The van der Waals surface area contributed by atoms with Crippen LogP contribution in [0.4, 0.5) is 10.1 Å². The van der Waals surface area contributed by atoms with E-state index in [4.69, 9.17) is 21.9 Å². The molecule has 32 heavy (non-hydrogen) atoms. The molecule has 166 valence electrons. The molecule has 3 N–H and O–H groups in total. The summed E-state index contributed by atoms with van der Waals surface area (Å²) in [6.07, 6.45) is 1.93. The number of aryl methyl sites for hydroxylation is 2. The monoisotopic (exact) mass is 473 g/mol. The van der Waals surface area contributed by atoms with Gasteiger partial charge in [0.15, 0.2) is 5.17 Å². The molecule has 10 heteroatoms. The predicted molar refractivity (Wildman–Crippen MR) is 124 cm³/mol. The van der Waals surface area contributed by atoms with Crippen molar-refractivity contribution in [2.45, 2.75) is 38.0 Å². The SMILES string of the molecule is Cc1noc(C)c1[C@@H]1C[C@@](C)(c2cc(F)cc(NC(=O)c3ccc(Cl)cn3)c2)N=C(N)S1. The lowest BCUT2D eigenvalue weighted by Gasteiger charge is -2.35. The number of thioether (sulfide) groups is 1. The molecule has 0 spiro atoms. The number of hydrogen-bond acceptors (Lipinski definition) is 7. The van der Waals surface area contributed by atoms with Crippen LogP contribution >= 0.6 is 23.4 Å². The average molecular weight is 474 g/mol. The number of anilines is 1. The number of rotatable bonds is 4. The standard InChI is InChI=1S/C22H21ClFN5O2S/c1-11-19(12(2)31-29-11)18-9-22(3,28-21(25)32-18)13-6-15(24)8-16(7-13)27-20(30)17-5-4-14(23)10-26-17/h4-8,10,18H,9H2,1-3H3,(H2,25,28)(H,27,30)/t18-,22-/m0/s1. The number of amidine groups is 1. The Labute approximate surface area is 193 Å². The molecule has 0 saturated heterocycles. The van der Waals surface area contributed by atoms with Gasteiger partial charge in [-0.2, -0.15) is 0 Å². The number of aromatic nitrogens is 2. The quantitative estimate of drug-likeness (QED) is 0.543. The Bertz CT molecular complexity index is 1190. The van der Waals surface area contributed by atoms with Crippen molar-refractivity contribution in [1.82, 2.24) is 10.1 Å². The van der Waals surface area contributed by atoms with Gasteiger partial charge in [-0.1, -0.05) is 28.5 Å². The van der Waals surface area contributed by atoms with Gasteiger partial charge in [0.25, 0.3) is 5.91 Å². The van der Waals surface area contributed by atoms with Crippen LogP contribution in [0, 0.1) is 19.7 Å². The fourth-order valence-corrected chi connectivity index (χ4v) is 5.35. The first-order valence-electron chi connectivity index (χ1n) is 9.83. The van der Waals surface area contributed by atoms with Gasteiger partial charge in [-0.05, 0) is 63.1 Å². The van der Waals surface area contributed by atoms with Crippen LogP contribution in [0.5, 0.6) is 0 Å². The smallest absolute Gasteiger partial charge is 0.274 e. The van der Waals surface area contributed by atoms with E-state index in [1.807, 2.05) is 20.8 Å². The van der Waals surface area contributed by atoms with Crippen LogP contribution < -0.4 is 11.1 Å². The third-order valence-corrected chi connectivity index (χ3v) is 6.59. The molecule has 3 aromatic rings. The van der Waals surface area contributed by atoms with Crippen LogP contribution in [0.15, 0.2) is 46.0 Å². The Morgan fingerprint density at radius 1 is 1.34 bits per heavy atom. The second-order valence-corrected chi connectivity index (χ2v) is 9.48. The summed E-state index contributed by atoms with van der Waals surface area (Å²) in [5, 5.41) is 7.49. The Kier molecular flexibility index (Phi) is 5.96. The molecule has 7 nitrogen and oxygen atoms in total. The van der Waals surface area contributed by atoms with Crippen molar-refractivity contribution in [3.8, 4) is 0 Å². The van der Waals surface area contributed by atoms with Gasteiger partial charge in [-0.3, -0.25) is 9.79 Å². The zero-order chi connectivity index (χ0) is 23.0. The minimum absolute atomic E-state index is 0.0525. The maximum Gasteiger partial charge on any atom is 0.274 e. The molecule has 2 atom stereocenters. The Hall–Kier alpha value is -2.91. The summed E-state index contributed by atoms with van der Waals surface area (Å²) in [5.74, 6) is -0.247. The van der Waals surface area contributed by atoms with E-state index in [1.54, 1.807) is 12.1 Å². The summed E-state index contributed by atoms with van der Waals surface area (Å²) in [5.41, 5.74) is 8.18. The van der Waals surface area contributed by atoms with Gasteiger partial charge in [0.1, 0.15) is 17.3 Å². The summed E-state index contributed by atoms with van der Waals surface area (Å²) in [6, 6.07) is 7.42. The predicted octanol–water partition coefficient (Wildman–Crippen LogP) is 5.14. The molecule has 1 aliphatic rings. The normalized spacial score (nSPS) is 20.7. The number of amides is 1. The molecular formula is C22H21ClFN5O2S. The number of nitrogens with zero attached hydrogens (tertiary/aromatic N) is 3. The van der Waals surface area contributed by atoms with Gasteiger partial charge >= 0.3 is 0 Å². The van der Waals surface area contributed by atoms with E-state index in [2.05, 4.69) is 20.4 Å².